The molecule has 0 saturated carbocycles. The van der Waals surface area contributed by atoms with E-state index in [2.05, 4.69) is 5.32 Å². The highest BCUT2D eigenvalue weighted by molar-refractivity contribution is 7.89. The lowest BCUT2D eigenvalue weighted by Gasteiger charge is -2.31. The molecule has 1 unspecified atom stereocenters. The van der Waals surface area contributed by atoms with Gasteiger partial charge in [0, 0.05) is 32.7 Å². The van der Waals surface area contributed by atoms with Crippen molar-refractivity contribution in [3.05, 3.63) is 72.3 Å². The SMILES string of the molecule is O=C(NCc1ccc(S(=O)(=O)N2CCCC2)cc1)C1CCCN(S(=O)(=O)c2ccc3ccccc3c2)C1. The van der Waals surface area contributed by atoms with E-state index in [-0.39, 0.29) is 28.8 Å². The number of carbonyl (C=O) groups excluding carboxylic acids is 1. The van der Waals surface area contributed by atoms with Crippen LogP contribution in [-0.4, -0.2) is 57.5 Å². The minimum atomic E-state index is -3.72. The van der Waals surface area contributed by atoms with E-state index >= 15 is 0 Å². The molecule has 37 heavy (non-hydrogen) atoms. The van der Waals surface area contributed by atoms with Gasteiger partial charge in [-0.05, 0) is 66.3 Å². The molecule has 196 valence electrons. The third-order valence-corrected chi connectivity index (χ3v) is 11.0. The van der Waals surface area contributed by atoms with E-state index in [1.54, 1.807) is 42.5 Å². The zero-order chi connectivity index (χ0) is 26.0. The second kappa shape index (κ2) is 10.5. The maximum Gasteiger partial charge on any atom is 0.243 e. The molecule has 2 aliphatic heterocycles. The molecule has 2 fully saturated rings. The Balaban J connectivity index is 1.21. The second-order valence-corrected chi connectivity index (χ2v) is 13.6. The third kappa shape index (κ3) is 5.43. The van der Waals surface area contributed by atoms with Crippen LogP contribution in [-0.2, 0) is 31.4 Å². The number of amides is 1. The topological polar surface area (TPSA) is 104 Å². The van der Waals surface area contributed by atoms with Gasteiger partial charge in [0.2, 0.25) is 26.0 Å². The Hall–Kier alpha value is -2.79. The molecular weight excluding hydrogens is 510 g/mol. The van der Waals surface area contributed by atoms with Crippen molar-refractivity contribution in [3.63, 3.8) is 0 Å². The van der Waals surface area contributed by atoms with Gasteiger partial charge in [-0.25, -0.2) is 16.8 Å². The predicted molar refractivity (Wildman–Crippen MR) is 142 cm³/mol. The number of fused-ring (bicyclic) bond motifs is 1. The Morgan fingerprint density at radius 3 is 2.11 bits per heavy atom. The molecule has 8 nitrogen and oxygen atoms in total. The van der Waals surface area contributed by atoms with Gasteiger partial charge in [0.05, 0.1) is 15.7 Å². The number of nitrogens with one attached hydrogen (secondary N) is 1. The van der Waals surface area contributed by atoms with Gasteiger partial charge in [0.15, 0.2) is 0 Å². The van der Waals surface area contributed by atoms with E-state index in [1.165, 1.54) is 8.61 Å². The molecule has 1 amide bonds. The summed E-state index contributed by atoms with van der Waals surface area (Å²) in [6, 6.07) is 19.3. The lowest BCUT2D eigenvalue weighted by atomic mass is 9.99. The van der Waals surface area contributed by atoms with Crippen LogP contribution in [0.25, 0.3) is 10.8 Å². The first-order valence-electron chi connectivity index (χ1n) is 12.6. The van der Waals surface area contributed by atoms with Crippen LogP contribution in [0.1, 0.15) is 31.2 Å². The van der Waals surface area contributed by atoms with Gasteiger partial charge in [0.25, 0.3) is 0 Å². The van der Waals surface area contributed by atoms with Crippen molar-refractivity contribution in [1.82, 2.24) is 13.9 Å². The summed E-state index contributed by atoms with van der Waals surface area (Å²) in [5.74, 6) is -0.647. The molecule has 1 atom stereocenters. The van der Waals surface area contributed by atoms with E-state index in [0.717, 1.165) is 29.2 Å². The van der Waals surface area contributed by atoms with Gasteiger partial charge in [-0.3, -0.25) is 4.79 Å². The molecule has 3 aromatic rings. The molecule has 3 aromatic carbocycles. The maximum atomic E-state index is 13.3. The second-order valence-electron chi connectivity index (χ2n) is 9.68. The zero-order valence-electron chi connectivity index (χ0n) is 20.5. The summed E-state index contributed by atoms with van der Waals surface area (Å²) in [4.78, 5) is 13.4. The molecule has 2 saturated heterocycles. The van der Waals surface area contributed by atoms with E-state index < -0.39 is 26.0 Å². The lowest BCUT2D eigenvalue weighted by Crippen LogP contribution is -2.45. The predicted octanol–water partition coefficient (Wildman–Crippen LogP) is 3.34. The van der Waals surface area contributed by atoms with Crippen LogP contribution in [0.15, 0.2) is 76.5 Å². The van der Waals surface area contributed by atoms with Gasteiger partial charge < -0.3 is 5.32 Å². The van der Waals surface area contributed by atoms with Crippen molar-refractivity contribution in [2.75, 3.05) is 26.2 Å². The minimum absolute atomic E-state index is 0.133. The average molecular weight is 542 g/mol. The fourth-order valence-electron chi connectivity index (χ4n) is 5.04. The molecular formula is C27H31N3O5S2. The molecule has 5 rings (SSSR count). The van der Waals surface area contributed by atoms with Crippen LogP contribution in [0.5, 0.6) is 0 Å². The molecule has 1 N–H and O–H groups in total. The van der Waals surface area contributed by atoms with Crippen molar-refractivity contribution in [3.8, 4) is 0 Å². The number of hydrogen-bond acceptors (Lipinski definition) is 5. The van der Waals surface area contributed by atoms with Gasteiger partial charge in [-0.2, -0.15) is 8.61 Å². The quantitative estimate of drug-likeness (QED) is 0.494. The van der Waals surface area contributed by atoms with Crippen LogP contribution in [0.2, 0.25) is 0 Å². The van der Waals surface area contributed by atoms with Crippen molar-refractivity contribution in [1.29, 1.82) is 0 Å². The highest BCUT2D eigenvalue weighted by Gasteiger charge is 2.33. The smallest absolute Gasteiger partial charge is 0.243 e. The third-order valence-electron chi connectivity index (χ3n) is 7.21. The summed E-state index contributed by atoms with van der Waals surface area (Å²) >= 11 is 0. The van der Waals surface area contributed by atoms with E-state index in [1.807, 2.05) is 24.3 Å². The number of rotatable bonds is 7. The van der Waals surface area contributed by atoms with Gasteiger partial charge in [0.1, 0.15) is 0 Å². The Morgan fingerprint density at radius 1 is 0.757 bits per heavy atom. The number of hydrogen-bond donors (Lipinski definition) is 1. The van der Waals surface area contributed by atoms with Gasteiger partial charge in [-0.1, -0.05) is 42.5 Å². The highest BCUT2D eigenvalue weighted by atomic mass is 32.2. The highest BCUT2D eigenvalue weighted by Crippen LogP contribution is 2.27. The van der Waals surface area contributed by atoms with Crippen molar-refractivity contribution >= 4 is 36.7 Å². The number of benzene rings is 3. The van der Waals surface area contributed by atoms with Crippen molar-refractivity contribution in [2.24, 2.45) is 5.92 Å². The number of carbonyl (C=O) groups is 1. The van der Waals surface area contributed by atoms with E-state index in [0.29, 0.717) is 32.5 Å². The molecule has 2 heterocycles. The molecule has 0 aliphatic carbocycles. The monoisotopic (exact) mass is 541 g/mol. The van der Waals surface area contributed by atoms with E-state index in [4.69, 9.17) is 0 Å². The van der Waals surface area contributed by atoms with Crippen molar-refractivity contribution in [2.45, 2.75) is 42.0 Å². The largest absolute Gasteiger partial charge is 0.352 e. The molecule has 0 aromatic heterocycles. The standard InChI is InChI=1S/C27H31N3O5S2/c31-27(28-19-21-9-12-25(13-10-21)36(32,33)29-15-3-4-16-29)24-8-5-17-30(20-24)37(34,35)26-14-11-22-6-1-2-7-23(22)18-26/h1-2,6-7,9-14,18,24H,3-5,8,15-17,19-20H2,(H,28,31). The summed E-state index contributed by atoms with van der Waals surface area (Å²) in [5, 5.41) is 4.72. The Labute approximate surface area is 218 Å². The Bertz CT molecular complexity index is 1500. The van der Waals surface area contributed by atoms with Crippen LogP contribution in [0.4, 0.5) is 0 Å². The van der Waals surface area contributed by atoms with Crippen LogP contribution in [0.3, 0.4) is 0 Å². The van der Waals surface area contributed by atoms with Gasteiger partial charge >= 0.3 is 0 Å². The lowest BCUT2D eigenvalue weighted by molar-refractivity contribution is -0.126. The molecule has 10 heteroatoms. The maximum absolute atomic E-state index is 13.3. The van der Waals surface area contributed by atoms with Crippen LogP contribution < -0.4 is 5.32 Å². The van der Waals surface area contributed by atoms with E-state index in [9.17, 15) is 21.6 Å². The first-order valence-corrected chi connectivity index (χ1v) is 15.5. The summed E-state index contributed by atoms with van der Waals surface area (Å²) in [6.07, 6.45) is 2.98. The normalized spacial score (nSPS) is 19.7. The first kappa shape index (κ1) is 25.8. The number of sulfonamides is 2. The fraction of sp³-hybridized carbons (Fsp3) is 0.370. The Morgan fingerprint density at radius 2 is 1.38 bits per heavy atom. The molecule has 0 radical (unpaired) electrons. The summed E-state index contributed by atoms with van der Waals surface area (Å²) in [5.41, 5.74) is 0.783. The average Bonchev–Trinajstić information content (AvgIpc) is 3.48. The molecule has 0 spiro atoms. The fourth-order valence-corrected chi connectivity index (χ4v) is 8.12. The van der Waals surface area contributed by atoms with Gasteiger partial charge in [-0.15, -0.1) is 0 Å². The number of piperidine rings is 1. The molecule has 0 bridgehead atoms. The Kier molecular flexibility index (Phi) is 7.35. The summed E-state index contributed by atoms with van der Waals surface area (Å²) in [6.45, 7) is 1.86. The summed E-state index contributed by atoms with van der Waals surface area (Å²) in [7, 11) is -7.20. The zero-order valence-corrected chi connectivity index (χ0v) is 22.2. The molecule has 2 aliphatic rings. The first-order chi connectivity index (χ1) is 17.7. The number of nitrogens with zero attached hydrogens (tertiary/aromatic N) is 2. The van der Waals surface area contributed by atoms with Crippen LogP contribution >= 0.6 is 0 Å². The summed E-state index contributed by atoms with van der Waals surface area (Å²) < 4.78 is 55.0. The van der Waals surface area contributed by atoms with Crippen LogP contribution in [0, 0.1) is 5.92 Å². The van der Waals surface area contributed by atoms with Crippen molar-refractivity contribution < 1.29 is 21.6 Å². The minimum Gasteiger partial charge on any atom is -0.352 e.